The summed E-state index contributed by atoms with van der Waals surface area (Å²) in [4.78, 5) is 44.6. The Morgan fingerprint density at radius 2 is 1.85 bits per heavy atom. The Labute approximate surface area is 261 Å². The molecule has 2 atom stereocenters. The van der Waals surface area contributed by atoms with Crippen molar-refractivity contribution >= 4 is 29.1 Å². The normalized spacial score (nSPS) is 20.2. The maximum Gasteiger partial charge on any atom is 0.389 e. The van der Waals surface area contributed by atoms with Crippen molar-refractivity contribution in [3.63, 3.8) is 0 Å². The van der Waals surface area contributed by atoms with Crippen LogP contribution in [0.2, 0.25) is 0 Å². The number of primary amides is 1. The summed E-state index contributed by atoms with van der Waals surface area (Å²) in [7, 11) is 0. The number of carbonyl (C=O) groups excluding carboxylic acids is 3. The third kappa shape index (κ3) is 6.85. The minimum atomic E-state index is -4.45. The van der Waals surface area contributed by atoms with Gasteiger partial charge in [-0.2, -0.15) is 18.3 Å². The van der Waals surface area contributed by atoms with Gasteiger partial charge in [-0.3, -0.25) is 14.4 Å². The van der Waals surface area contributed by atoms with Crippen LogP contribution >= 0.6 is 0 Å². The number of hydrogen-bond donors (Lipinski definition) is 2. The quantitative estimate of drug-likeness (QED) is 0.269. The van der Waals surface area contributed by atoms with Crippen molar-refractivity contribution in [3.05, 3.63) is 59.0 Å². The summed E-state index contributed by atoms with van der Waals surface area (Å²) < 4.78 is 68.3. The molecule has 0 spiro atoms. The van der Waals surface area contributed by atoms with Gasteiger partial charge < -0.3 is 16.0 Å². The smallest absolute Gasteiger partial charge is 0.366 e. The lowest BCUT2D eigenvalue weighted by molar-refractivity contribution is -0.144. The predicted molar refractivity (Wildman–Crippen MR) is 157 cm³/mol. The second-order valence-corrected chi connectivity index (χ2v) is 12.7. The number of nitrogens with one attached hydrogen (secondary N) is 1. The van der Waals surface area contributed by atoms with E-state index in [1.54, 1.807) is 35.4 Å². The SMILES string of the molecule is NC(=O)c1cccc(N2CCCC2=O)c1[C@@H](c1cn2ncc([C@H](NC(=O)CCC(F)(F)F)C3CC3)cc2n1)C1CCC(F)(F)CC1. The second kappa shape index (κ2) is 12.3. The highest BCUT2D eigenvalue weighted by molar-refractivity contribution is 6.01. The fraction of sp³-hybridized carbons (Fsp3) is 0.531. The molecule has 1 aliphatic heterocycles. The summed E-state index contributed by atoms with van der Waals surface area (Å²) in [6.07, 6.45) is -0.943. The molecule has 3 aromatic rings. The molecule has 0 radical (unpaired) electrons. The Hall–Kier alpha value is -4.10. The van der Waals surface area contributed by atoms with E-state index in [2.05, 4.69) is 10.4 Å². The minimum Gasteiger partial charge on any atom is -0.366 e. The van der Waals surface area contributed by atoms with Crippen LogP contribution < -0.4 is 16.0 Å². The Kier molecular flexibility index (Phi) is 8.49. The maximum absolute atomic E-state index is 14.3. The van der Waals surface area contributed by atoms with Gasteiger partial charge in [0, 0.05) is 49.4 Å². The van der Waals surface area contributed by atoms with Crippen LogP contribution in [-0.4, -0.2) is 51.0 Å². The zero-order chi connectivity index (χ0) is 32.8. The number of alkyl halides is 5. The largest absolute Gasteiger partial charge is 0.389 e. The van der Waals surface area contributed by atoms with Crippen LogP contribution in [0.5, 0.6) is 0 Å². The molecule has 3 amide bonds. The van der Waals surface area contributed by atoms with Gasteiger partial charge in [0.2, 0.25) is 23.6 Å². The Balaban J connectivity index is 1.40. The van der Waals surface area contributed by atoms with E-state index in [1.165, 1.54) is 10.7 Å². The van der Waals surface area contributed by atoms with Crippen molar-refractivity contribution in [2.75, 3.05) is 11.4 Å². The third-order valence-electron chi connectivity index (χ3n) is 9.34. The number of amides is 3. The number of imidazole rings is 1. The van der Waals surface area contributed by atoms with E-state index in [9.17, 15) is 36.3 Å². The highest BCUT2D eigenvalue weighted by Crippen LogP contribution is 2.48. The molecule has 6 rings (SSSR count). The first-order valence-corrected chi connectivity index (χ1v) is 15.6. The number of fused-ring (bicyclic) bond motifs is 1. The summed E-state index contributed by atoms with van der Waals surface area (Å²) in [5, 5.41) is 7.22. The fourth-order valence-corrected chi connectivity index (χ4v) is 6.89. The molecule has 2 aromatic heterocycles. The zero-order valence-electron chi connectivity index (χ0n) is 25.0. The topological polar surface area (TPSA) is 123 Å². The Bertz CT molecular complexity index is 1640. The highest BCUT2D eigenvalue weighted by atomic mass is 19.4. The van der Waals surface area contributed by atoms with E-state index in [1.807, 2.05) is 0 Å². The molecule has 246 valence electrons. The molecule has 1 aromatic carbocycles. The summed E-state index contributed by atoms with van der Waals surface area (Å²) in [6.45, 7) is 0.441. The lowest BCUT2D eigenvalue weighted by atomic mass is 9.72. The molecule has 0 unspecified atom stereocenters. The van der Waals surface area contributed by atoms with Gasteiger partial charge in [0.1, 0.15) is 0 Å². The van der Waals surface area contributed by atoms with Crippen molar-refractivity contribution in [3.8, 4) is 0 Å². The molecule has 1 saturated heterocycles. The highest BCUT2D eigenvalue weighted by Gasteiger charge is 2.42. The summed E-state index contributed by atoms with van der Waals surface area (Å²) in [6, 6.07) is 6.12. The van der Waals surface area contributed by atoms with Crippen LogP contribution in [-0.2, 0) is 9.59 Å². The molecule has 2 saturated carbocycles. The molecule has 3 heterocycles. The lowest BCUT2D eigenvalue weighted by Crippen LogP contribution is -2.32. The van der Waals surface area contributed by atoms with Gasteiger partial charge in [-0.05, 0) is 73.3 Å². The van der Waals surface area contributed by atoms with Crippen molar-refractivity contribution < 1.29 is 36.3 Å². The summed E-state index contributed by atoms with van der Waals surface area (Å²) in [5.41, 5.74) is 8.43. The molecule has 46 heavy (non-hydrogen) atoms. The summed E-state index contributed by atoms with van der Waals surface area (Å²) >= 11 is 0. The van der Waals surface area contributed by atoms with Crippen LogP contribution in [0.3, 0.4) is 0 Å². The standard InChI is InChI=1S/C32H35F5N6O3/c33-31(34)11-8-18(9-12-31)27(28-21(30(38)46)3-1-4-23(28)42-14-2-5-26(42)45)22-17-43-24(40-22)15-20(16-39-43)29(19-6-7-19)41-25(44)10-13-32(35,36)37/h1,3-4,15-19,27,29H,2,5-14H2,(H2,38,46)(H,41,44)/t27-,29-/m1/s1. The number of benzene rings is 1. The van der Waals surface area contributed by atoms with Gasteiger partial charge in [0.25, 0.3) is 0 Å². The molecular formula is C32H35F5N6O3. The van der Waals surface area contributed by atoms with E-state index in [-0.39, 0.29) is 49.0 Å². The van der Waals surface area contributed by atoms with Crippen LogP contribution in [0.15, 0.2) is 36.7 Å². The van der Waals surface area contributed by atoms with Gasteiger partial charge in [-0.15, -0.1) is 0 Å². The molecule has 0 bridgehead atoms. The molecule has 14 heteroatoms. The van der Waals surface area contributed by atoms with E-state index >= 15 is 0 Å². The number of rotatable bonds is 10. The van der Waals surface area contributed by atoms with Crippen LogP contribution in [0.25, 0.3) is 5.65 Å². The van der Waals surface area contributed by atoms with Crippen LogP contribution in [0, 0.1) is 11.8 Å². The first-order valence-electron chi connectivity index (χ1n) is 15.6. The average Bonchev–Trinajstić information content (AvgIpc) is 3.61. The molecule has 9 nitrogen and oxygen atoms in total. The first-order chi connectivity index (χ1) is 21.8. The number of hydrogen-bond acceptors (Lipinski definition) is 5. The van der Waals surface area contributed by atoms with E-state index in [0.29, 0.717) is 47.5 Å². The zero-order valence-corrected chi connectivity index (χ0v) is 25.0. The van der Waals surface area contributed by atoms with Crippen LogP contribution in [0.1, 0.15) is 103 Å². The lowest BCUT2D eigenvalue weighted by Gasteiger charge is -2.35. The maximum atomic E-state index is 14.3. The van der Waals surface area contributed by atoms with Gasteiger partial charge in [-0.1, -0.05) is 6.07 Å². The Morgan fingerprint density at radius 3 is 2.48 bits per heavy atom. The average molecular weight is 647 g/mol. The number of nitrogens with two attached hydrogens (primary N) is 1. The van der Waals surface area contributed by atoms with Gasteiger partial charge in [0.05, 0.1) is 30.6 Å². The number of halogens is 5. The van der Waals surface area contributed by atoms with Crippen molar-refractivity contribution in [1.29, 1.82) is 0 Å². The number of carbonyl (C=O) groups is 3. The van der Waals surface area contributed by atoms with Crippen molar-refractivity contribution in [1.82, 2.24) is 19.9 Å². The molecule has 3 fully saturated rings. The van der Waals surface area contributed by atoms with Crippen molar-refractivity contribution in [2.45, 2.75) is 88.3 Å². The second-order valence-electron chi connectivity index (χ2n) is 12.7. The molecular weight excluding hydrogens is 611 g/mol. The minimum absolute atomic E-state index is 0.0492. The van der Waals surface area contributed by atoms with Gasteiger partial charge >= 0.3 is 6.18 Å². The van der Waals surface area contributed by atoms with Gasteiger partial charge in [0.15, 0.2) is 5.65 Å². The van der Waals surface area contributed by atoms with Crippen LogP contribution in [0.4, 0.5) is 27.6 Å². The number of aromatic nitrogens is 3. The third-order valence-corrected chi connectivity index (χ3v) is 9.34. The molecule has 3 aliphatic rings. The summed E-state index contributed by atoms with van der Waals surface area (Å²) in [5.74, 6) is -5.32. The number of anilines is 1. The van der Waals surface area contributed by atoms with Gasteiger partial charge in [-0.25, -0.2) is 18.3 Å². The monoisotopic (exact) mass is 646 g/mol. The molecule has 3 N–H and O–H groups in total. The first kappa shape index (κ1) is 31.9. The van der Waals surface area contributed by atoms with E-state index in [0.717, 1.165) is 12.8 Å². The van der Waals surface area contributed by atoms with E-state index < -0.39 is 48.7 Å². The number of nitrogens with zero attached hydrogens (tertiary/aromatic N) is 4. The van der Waals surface area contributed by atoms with Crippen molar-refractivity contribution in [2.24, 2.45) is 17.6 Å². The molecule has 2 aliphatic carbocycles. The fourth-order valence-electron chi connectivity index (χ4n) is 6.89. The predicted octanol–water partition coefficient (Wildman–Crippen LogP) is 5.82. The van der Waals surface area contributed by atoms with E-state index in [4.69, 9.17) is 10.7 Å². The Morgan fingerprint density at radius 1 is 1.11 bits per heavy atom.